The van der Waals surface area contributed by atoms with Crippen molar-refractivity contribution in [2.24, 2.45) is 0 Å². The maximum absolute atomic E-state index is 12.8. The van der Waals surface area contributed by atoms with Crippen molar-refractivity contribution in [1.82, 2.24) is 0 Å². The molecule has 0 fully saturated rings. The fourth-order valence-electron chi connectivity index (χ4n) is 7.32. The summed E-state index contributed by atoms with van der Waals surface area (Å²) in [6, 6.07) is 0. The minimum absolute atomic E-state index is 0.0851. The Hall–Kier alpha value is -3.01. The van der Waals surface area contributed by atoms with Gasteiger partial charge in [-0.15, -0.1) is 0 Å². The fraction of sp³-hybridized carbons (Fsp3) is 0.746. The van der Waals surface area contributed by atoms with Crippen LogP contribution in [0.25, 0.3) is 0 Å². The lowest BCUT2D eigenvalue weighted by Gasteiger charge is -2.21. The summed E-state index contributed by atoms with van der Waals surface area (Å²) in [5.74, 6) is -1.62. The van der Waals surface area contributed by atoms with Gasteiger partial charge in [-0.05, 0) is 103 Å². The van der Waals surface area contributed by atoms with Crippen molar-refractivity contribution in [3.05, 3.63) is 72.9 Å². The summed E-state index contributed by atoms with van der Waals surface area (Å²) in [5.41, 5.74) is 0. The zero-order chi connectivity index (χ0) is 56.8. The molecule has 0 aliphatic heterocycles. The third-order valence-electron chi connectivity index (χ3n) is 11.8. The van der Waals surface area contributed by atoms with E-state index in [2.05, 4.69) is 93.7 Å². The Balaban J connectivity index is 4.72. The van der Waals surface area contributed by atoms with E-state index in [1.54, 1.807) is 0 Å². The zero-order valence-corrected chi connectivity index (χ0v) is 49.4. The first-order chi connectivity index (χ1) is 37.2. The topological polar surface area (TPSA) is 231 Å². The number of allylic oxidation sites excluding steroid dienone is 12. The van der Waals surface area contributed by atoms with E-state index in [0.29, 0.717) is 19.3 Å². The molecule has 0 radical (unpaired) electrons. The predicted molar refractivity (Wildman–Crippen MR) is 307 cm³/mol. The minimum atomic E-state index is -4.92. The van der Waals surface area contributed by atoms with E-state index in [4.69, 9.17) is 32.3 Å². The molecule has 0 rings (SSSR count). The van der Waals surface area contributed by atoms with Crippen LogP contribution >= 0.6 is 15.6 Å². The van der Waals surface area contributed by atoms with Crippen molar-refractivity contribution in [3.8, 4) is 0 Å². The number of ether oxygens (including phenoxy) is 3. The van der Waals surface area contributed by atoms with Crippen molar-refractivity contribution in [1.29, 1.82) is 0 Å². The summed E-state index contributed by atoms with van der Waals surface area (Å²) in [6.45, 7) is 2.43. The second-order valence-corrected chi connectivity index (χ2v) is 22.3. The van der Waals surface area contributed by atoms with Gasteiger partial charge in [0.05, 0.1) is 26.4 Å². The second-order valence-electron chi connectivity index (χ2n) is 19.4. The molecule has 0 aromatic carbocycles. The van der Waals surface area contributed by atoms with E-state index in [-0.39, 0.29) is 19.3 Å². The molecule has 0 spiro atoms. The first kappa shape index (κ1) is 74.0. The van der Waals surface area contributed by atoms with Crippen molar-refractivity contribution in [2.45, 2.75) is 245 Å². The van der Waals surface area contributed by atoms with E-state index in [1.165, 1.54) is 19.3 Å². The molecule has 77 heavy (non-hydrogen) atoms. The molecule has 0 bridgehead atoms. The van der Waals surface area contributed by atoms with Crippen molar-refractivity contribution < 1.29 is 75.8 Å². The van der Waals surface area contributed by atoms with E-state index >= 15 is 0 Å². The van der Waals surface area contributed by atoms with Crippen LogP contribution in [-0.4, -0.2) is 95.9 Å². The molecule has 0 aromatic rings. The maximum Gasteiger partial charge on any atom is 0.472 e. The van der Waals surface area contributed by atoms with Crippen LogP contribution in [0.2, 0.25) is 0 Å². The van der Waals surface area contributed by atoms with Crippen LogP contribution in [0.15, 0.2) is 72.9 Å². The number of rotatable bonds is 55. The number of carbonyl (C=O) groups excluding carboxylic acids is 3. The van der Waals surface area contributed by atoms with Gasteiger partial charge in [-0.3, -0.25) is 32.5 Å². The highest BCUT2D eigenvalue weighted by molar-refractivity contribution is 7.47. The lowest BCUT2D eigenvalue weighted by atomic mass is 10.1. The van der Waals surface area contributed by atoms with Gasteiger partial charge in [-0.2, -0.15) is 0 Å². The molecule has 4 N–H and O–H groups in total. The number of aliphatic hydroxyl groups excluding tert-OH is 2. The Kier molecular flexibility index (Phi) is 51.5. The summed E-state index contributed by atoms with van der Waals surface area (Å²) in [6.07, 6.45) is 51.2. The average molecular weight is 1130 g/mol. The molecular weight excluding hydrogens is 1030 g/mol. The first-order valence-electron chi connectivity index (χ1n) is 29.2. The van der Waals surface area contributed by atoms with Crippen LogP contribution in [-0.2, 0) is 55.8 Å². The number of phosphoric acid groups is 2. The van der Waals surface area contributed by atoms with E-state index < -0.39 is 91.5 Å². The Bertz CT molecular complexity index is 1710. The lowest BCUT2D eigenvalue weighted by molar-refractivity contribution is -0.161. The molecule has 0 saturated carbocycles. The zero-order valence-electron chi connectivity index (χ0n) is 47.6. The molecule has 0 saturated heterocycles. The van der Waals surface area contributed by atoms with Gasteiger partial charge >= 0.3 is 33.6 Å². The van der Waals surface area contributed by atoms with Crippen molar-refractivity contribution in [3.63, 3.8) is 0 Å². The third kappa shape index (κ3) is 54.7. The van der Waals surface area contributed by atoms with Crippen molar-refractivity contribution >= 4 is 33.6 Å². The molecule has 18 heteroatoms. The van der Waals surface area contributed by atoms with E-state index in [9.17, 15) is 43.5 Å². The third-order valence-corrected chi connectivity index (χ3v) is 13.7. The number of hydrogen-bond acceptors (Lipinski definition) is 14. The predicted octanol–water partition coefficient (Wildman–Crippen LogP) is 14.9. The van der Waals surface area contributed by atoms with Gasteiger partial charge in [-0.1, -0.05) is 177 Å². The highest BCUT2D eigenvalue weighted by Crippen LogP contribution is 2.45. The number of hydrogen-bond donors (Lipinski definition) is 4. The maximum atomic E-state index is 12.8. The van der Waals surface area contributed by atoms with Crippen LogP contribution in [0.4, 0.5) is 0 Å². The minimum Gasteiger partial charge on any atom is -0.463 e. The van der Waals surface area contributed by atoms with Gasteiger partial charge in [0.25, 0.3) is 0 Å². The van der Waals surface area contributed by atoms with Crippen LogP contribution in [0.3, 0.4) is 0 Å². The summed E-state index contributed by atoms with van der Waals surface area (Å²) < 4.78 is 60.5. The molecule has 0 aliphatic carbocycles. The Morgan fingerprint density at radius 1 is 0.364 bits per heavy atom. The lowest BCUT2D eigenvalue weighted by Crippen LogP contribution is -2.30. The normalized spacial score (nSPS) is 15.1. The average Bonchev–Trinajstić information content (AvgIpc) is 3.40. The number of aliphatic hydroxyl groups is 2. The number of carbonyl (C=O) groups is 3. The second kappa shape index (κ2) is 53.6. The molecule has 5 unspecified atom stereocenters. The fourth-order valence-corrected chi connectivity index (χ4v) is 8.91. The van der Waals surface area contributed by atoms with E-state index in [1.807, 2.05) is 0 Å². The smallest absolute Gasteiger partial charge is 0.463 e. The summed E-state index contributed by atoms with van der Waals surface area (Å²) in [5, 5.41) is 20.4. The summed E-state index contributed by atoms with van der Waals surface area (Å²) in [7, 11) is -9.76. The Labute approximate surface area is 464 Å². The molecule has 0 aromatic heterocycles. The first-order valence-corrected chi connectivity index (χ1v) is 32.2. The highest BCUT2D eigenvalue weighted by atomic mass is 31.2. The largest absolute Gasteiger partial charge is 0.472 e. The number of esters is 3. The number of phosphoric ester groups is 2. The van der Waals surface area contributed by atoms with Crippen LogP contribution in [0.1, 0.15) is 226 Å². The highest BCUT2D eigenvalue weighted by Gasteiger charge is 2.29. The van der Waals surface area contributed by atoms with Gasteiger partial charge in [-0.25, -0.2) is 9.13 Å². The van der Waals surface area contributed by atoms with Gasteiger partial charge in [0.2, 0.25) is 0 Å². The van der Waals surface area contributed by atoms with Gasteiger partial charge in [0.1, 0.15) is 25.4 Å². The molecule has 16 nitrogen and oxygen atoms in total. The molecule has 446 valence electrons. The van der Waals surface area contributed by atoms with Gasteiger partial charge in [0, 0.05) is 19.3 Å². The van der Waals surface area contributed by atoms with Crippen LogP contribution < -0.4 is 0 Å². The van der Waals surface area contributed by atoms with Crippen LogP contribution in [0.5, 0.6) is 0 Å². The number of unbranched alkanes of at least 4 members (excludes halogenated alkanes) is 20. The Morgan fingerprint density at radius 3 is 1.06 bits per heavy atom. The molecule has 0 aliphatic rings. The van der Waals surface area contributed by atoms with Crippen LogP contribution in [0, 0.1) is 0 Å². The molecular formula is C59H104O16P2. The summed E-state index contributed by atoms with van der Waals surface area (Å²) >= 11 is 0. The standard InChI is InChI=1S/C59H104O16P2/c1-4-7-10-13-16-19-22-25-26-29-31-33-36-39-42-45-57(62)69-48-54(60)49-71-76(65,66)72-50-55(61)51-73-77(67,68)74-53-56(75-59(64)47-44-41-38-35-32-28-24-21-18-15-12-9-6-3)52-70-58(63)46-43-40-37-34-30-27-23-20-17-14-11-8-5-2/h11-12,14-16,19-21,23-26,54-56,60-61H,4-10,13,17-18,22,27-53H2,1-3H3,(H,65,66)(H,67,68)/b14-11-,15-12-,19-16-,23-20-,24-21-,26-25-. The van der Waals surface area contributed by atoms with Gasteiger partial charge < -0.3 is 34.2 Å². The monoisotopic (exact) mass is 1130 g/mol. The quantitative estimate of drug-likeness (QED) is 0.0146. The molecule has 0 heterocycles. The van der Waals surface area contributed by atoms with Crippen molar-refractivity contribution in [2.75, 3.05) is 39.6 Å². The molecule has 5 atom stereocenters. The Morgan fingerprint density at radius 2 is 0.675 bits per heavy atom. The van der Waals surface area contributed by atoms with E-state index in [0.717, 1.165) is 148 Å². The molecule has 0 amide bonds. The SMILES string of the molecule is CCC/C=C\C/C=C\CCCCCCCC(=O)OCC(COP(=O)(O)OCC(O)COP(=O)(O)OCC(O)COC(=O)CCCCCCC/C=C\C/C=C\CCCCC)OC(=O)CCCCCCC/C=C\C/C=C\CCC. The summed E-state index contributed by atoms with van der Waals surface area (Å²) in [4.78, 5) is 58.0. The van der Waals surface area contributed by atoms with Gasteiger partial charge in [0.15, 0.2) is 6.10 Å².